The van der Waals surface area contributed by atoms with Crippen molar-refractivity contribution < 1.29 is 9.47 Å². The van der Waals surface area contributed by atoms with Crippen LogP contribution >= 0.6 is 0 Å². The van der Waals surface area contributed by atoms with Crippen LogP contribution in [0.3, 0.4) is 0 Å². The van der Waals surface area contributed by atoms with Gasteiger partial charge >= 0.3 is 0 Å². The Labute approximate surface area is 183 Å². The van der Waals surface area contributed by atoms with Crippen molar-refractivity contribution in [3.8, 4) is 11.5 Å². The van der Waals surface area contributed by atoms with E-state index in [2.05, 4.69) is 51.9 Å². The lowest BCUT2D eigenvalue weighted by Gasteiger charge is -2.13. The minimum Gasteiger partial charge on any atom is -0.493 e. The van der Waals surface area contributed by atoms with Gasteiger partial charge in [0.1, 0.15) is 12.7 Å². The number of hydrogen-bond acceptors (Lipinski definition) is 5. The summed E-state index contributed by atoms with van der Waals surface area (Å²) in [6, 6.07) is 14.4. The molecule has 0 saturated heterocycles. The molecule has 3 aromatic rings. The Balaban J connectivity index is 1.56. The summed E-state index contributed by atoms with van der Waals surface area (Å²) in [7, 11) is 3.29. The topological polar surface area (TPSA) is 85.6 Å². The predicted molar refractivity (Wildman–Crippen MR) is 122 cm³/mol. The largest absolute Gasteiger partial charge is 0.493 e. The molecule has 0 aliphatic rings. The minimum absolute atomic E-state index is 0.594. The lowest BCUT2D eigenvalue weighted by molar-refractivity contribution is 0.354. The van der Waals surface area contributed by atoms with Crippen molar-refractivity contribution in [3.63, 3.8) is 0 Å². The Morgan fingerprint density at radius 1 is 1.00 bits per heavy atom. The van der Waals surface area contributed by atoms with Crippen LogP contribution in [0, 0.1) is 0 Å². The predicted octanol–water partition coefficient (Wildman–Crippen LogP) is 2.64. The molecule has 2 aromatic carbocycles. The normalized spacial score (nSPS) is 11.3. The summed E-state index contributed by atoms with van der Waals surface area (Å²) >= 11 is 0. The fourth-order valence-corrected chi connectivity index (χ4v) is 3.20. The maximum Gasteiger partial charge on any atom is 0.191 e. The van der Waals surface area contributed by atoms with E-state index in [1.54, 1.807) is 26.9 Å². The Morgan fingerprint density at radius 2 is 1.84 bits per heavy atom. The highest BCUT2D eigenvalue weighted by molar-refractivity contribution is 5.79. The summed E-state index contributed by atoms with van der Waals surface area (Å²) in [6.45, 7) is 4.91. The van der Waals surface area contributed by atoms with Gasteiger partial charge in [0.2, 0.25) is 0 Å². The summed E-state index contributed by atoms with van der Waals surface area (Å²) < 4.78 is 12.5. The number of nitrogens with one attached hydrogen (secondary N) is 2. The molecule has 0 unspecified atom stereocenters. The van der Waals surface area contributed by atoms with Gasteiger partial charge < -0.3 is 20.1 Å². The SMILES string of the molecule is CCNC(=NCc1cccc(Cn2cncn2)c1)NCCc1ccc(OC)c(OC)c1. The van der Waals surface area contributed by atoms with E-state index >= 15 is 0 Å². The van der Waals surface area contributed by atoms with Crippen molar-refractivity contribution in [3.05, 3.63) is 71.8 Å². The van der Waals surface area contributed by atoms with E-state index in [4.69, 9.17) is 14.5 Å². The van der Waals surface area contributed by atoms with Crippen LogP contribution in [0.5, 0.6) is 11.5 Å². The third kappa shape index (κ3) is 6.74. The van der Waals surface area contributed by atoms with Crippen molar-refractivity contribution in [2.75, 3.05) is 27.3 Å². The van der Waals surface area contributed by atoms with E-state index in [0.29, 0.717) is 13.1 Å². The molecular weight excluding hydrogens is 392 g/mol. The summed E-state index contributed by atoms with van der Waals surface area (Å²) in [4.78, 5) is 8.72. The van der Waals surface area contributed by atoms with Gasteiger partial charge in [0, 0.05) is 13.1 Å². The third-order valence-electron chi connectivity index (χ3n) is 4.72. The number of guanidine groups is 1. The van der Waals surface area contributed by atoms with Crippen molar-refractivity contribution in [2.24, 2.45) is 4.99 Å². The standard InChI is InChI=1S/C23H30N6O2/c1-4-25-23(26-11-10-18-8-9-21(30-2)22(13-18)31-3)27-14-19-6-5-7-20(12-19)15-29-17-24-16-28-29/h5-9,12-13,16-17H,4,10-11,14-15H2,1-3H3,(H2,25,26,27). The van der Waals surface area contributed by atoms with Gasteiger partial charge in [-0.25, -0.2) is 14.7 Å². The number of nitrogens with zero attached hydrogens (tertiary/aromatic N) is 4. The number of rotatable bonds is 10. The fourth-order valence-electron chi connectivity index (χ4n) is 3.20. The minimum atomic E-state index is 0.594. The average molecular weight is 423 g/mol. The molecule has 0 aliphatic carbocycles. The monoisotopic (exact) mass is 422 g/mol. The van der Waals surface area contributed by atoms with Gasteiger partial charge in [-0.05, 0) is 42.2 Å². The zero-order chi connectivity index (χ0) is 21.9. The van der Waals surface area contributed by atoms with E-state index in [0.717, 1.165) is 42.5 Å². The molecule has 0 fully saturated rings. The van der Waals surface area contributed by atoms with Gasteiger partial charge in [-0.3, -0.25) is 0 Å². The molecule has 0 saturated carbocycles. The molecular formula is C23H30N6O2. The zero-order valence-electron chi connectivity index (χ0n) is 18.3. The summed E-state index contributed by atoms with van der Waals surface area (Å²) in [5.41, 5.74) is 3.49. The van der Waals surface area contributed by atoms with Crippen molar-refractivity contribution in [1.29, 1.82) is 0 Å². The van der Waals surface area contributed by atoms with Gasteiger partial charge in [-0.2, -0.15) is 5.10 Å². The van der Waals surface area contributed by atoms with Crippen LogP contribution in [-0.4, -0.2) is 48.0 Å². The van der Waals surface area contributed by atoms with E-state index < -0.39 is 0 Å². The van der Waals surface area contributed by atoms with E-state index in [1.807, 2.05) is 22.9 Å². The second kappa shape index (κ2) is 11.6. The molecule has 0 radical (unpaired) electrons. The highest BCUT2D eigenvalue weighted by Gasteiger charge is 2.05. The van der Waals surface area contributed by atoms with Gasteiger partial charge in [0.15, 0.2) is 17.5 Å². The average Bonchev–Trinajstić information content (AvgIpc) is 3.30. The lowest BCUT2D eigenvalue weighted by Crippen LogP contribution is -2.38. The summed E-state index contributed by atoms with van der Waals surface area (Å²) in [5, 5.41) is 10.9. The first kappa shape index (κ1) is 22.1. The summed E-state index contributed by atoms with van der Waals surface area (Å²) in [6.07, 6.45) is 4.11. The molecule has 164 valence electrons. The van der Waals surface area contributed by atoms with Gasteiger partial charge in [0.25, 0.3) is 0 Å². The van der Waals surface area contributed by atoms with Gasteiger partial charge in [0.05, 0.1) is 27.3 Å². The summed E-state index contributed by atoms with van der Waals surface area (Å²) in [5.74, 6) is 2.27. The Morgan fingerprint density at radius 3 is 2.58 bits per heavy atom. The van der Waals surface area contributed by atoms with Crippen molar-refractivity contribution in [1.82, 2.24) is 25.4 Å². The molecule has 8 heteroatoms. The fraction of sp³-hybridized carbons (Fsp3) is 0.348. The van der Waals surface area contributed by atoms with Crippen LogP contribution in [0.4, 0.5) is 0 Å². The van der Waals surface area contributed by atoms with E-state index in [-0.39, 0.29) is 0 Å². The lowest BCUT2D eigenvalue weighted by atomic mass is 10.1. The third-order valence-corrected chi connectivity index (χ3v) is 4.72. The van der Waals surface area contributed by atoms with Crippen LogP contribution < -0.4 is 20.1 Å². The molecule has 2 N–H and O–H groups in total. The Bertz CT molecular complexity index is 972. The molecule has 1 aromatic heterocycles. The van der Waals surface area contributed by atoms with Crippen molar-refractivity contribution >= 4 is 5.96 Å². The Hall–Kier alpha value is -3.55. The molecule has 3 rings (SSSR count). The first-order chi connectivity index (χ1) is 15.2. The molecule has 0 atom stereocenters. The number of aliphatic imine (C=N–C) groups is 1. The van der Waals surface area contributed by atoms with Crippen LogP contribution in [0.15, 0.2) is 60.1 Å². The van der Waals surface area contributed by atoms with Crippen LogP contribution in [0.2, 0.25) is 0 Å². The van der Waals surface area contributed by atoms with E-state index in [9.17, 15) is 0 Å². The van der Waals surface area contributed by atoms with Gasteiger partial charge in [-0.1, -0.05) is 30.3 Å². The highest BCUT2D eigenvalue weighted by Crippen LogP contribution is 2.27. The molecule has 0 spiro atoms. The van der Waals surface area contributed by atoms with Gasteiger partial charge in [-0.15, -0.1) is 0 Å². The molecule has 0 amide bonds. The molecule has 0 aliphatic heterocycles. The van der Waals surface area contributed by atoms with Crippen LogP contribution in [-0.2, 0) is 19.5 Å². The number of aromatic nitrogens is 3. The quantitative estimate of drug-likeness (QED) is 0.386. The van der Waals surface area contributed by atoms with Crippen molar-refractivity contribution in [2.45, 2.75) is 26.4 Å². The second-order valence-corrected chi connectivity index (χ2v) is 6.97. The Kier molecular flexibility index (Phi) is 8.28. The number of hydrogen-bond donors (Lipinski definition) is 2. The number of ether oxygens (including phenoxy) is 2. The highest BCUT2D eigenvalue weighted by atomic mass is 16.5. The maximum absolute atomic E-state index is 5.38. The van der Waals surface area contributed by atoms with Crippen LogP contribution in [0.1, 0.15) is 23.6 Å². The first-order valence-electron chi connectivity index (χ1n) is 10.3. The maximum atomic E-state index is 5.38. The molecule has 8 nitrogen and oxygen atoms in total. The molecule has 1 heterocycles. The molecule has 31 heavy (non-hydrogen) atoms. The second-order valence-electron chi connectivity index (χ2n) is 6.97. The first-order valence-corrected chi connectivity index (χ1v) is 10.3. The van der Waals surface area contributed by atoms with E-state index in [1.165, 1.54) is 11.1 Å². The molecule has 0 bridgehead atoms. The zero-order valence-corrected chi connectivity index (χ0v) is 18.3. The smallest absolute Gasteiger partial charge is 0.191 e. The number of methoxy groups -OCH3 is 2. The van der Waals surface area contributed by atoms with Crippen LogP contribution in [0.25, 0.3) is 0 Å². The number of benzene rings is 2.